The predicted octanol–water partition coefficient (Wildman–Crippen LogP) is 3.32. The van der Waals surface area contributed by atoms with Gasteiger partial charge in [-0.25, -0.2) is 4.39 Å². The number of amides is 2. The van der Waals surface area contributed by atoms with Gasteiger partial charge in [0.1, 0.15) is 5.82 Å². The van der Waals surface area contributed by atoms with E-state index in [1.807, 2.05) is 55.6 Å². The molecule has 0 spiro atoms. The Balaban J connectivity index is 1.62. The lowest BCUT2D eigenvalue weighted by Crippen LogP contribution is -2.38. The quantitative estimate of drug-likeness (QED) is 0.705. The zero-order chi connectivity index (χ0) is 21.0. The van der Waals surface area contributed by atoms with Gasteiger partial charge in [0.05, 0.1) is 12.0 Å². The van der Waals surface area contributed by atoms with E-state index < -0.39 is 5.92 Å². The van der Waals surface area contributed by atoms with Crippen LogP contribution in [0.1, 0.15) is 18.0 Å². The van der Waals surface area contributed by atoms with Gasteiger partial charge in [0, 0.05) is 30.1 Å². The third-order valence-corrected chi connectivity index (χ3v) is 5.95. The molecule has 2 atom stereocenters. The second-order valence-electron chi connectivity index (χ2n) is 7.38. The van der Waals surface area contributed by atoms with Gasteiger partial charge in [-0.05, 0) is 62.3 Å². The molecule has 2 unspecified atom stereocenters. The molecule has 29 heavy (non-hydrogen) atoms. The minimum Gasteiger partial charge on any atom is -0.354 e. The van der Waals surface area contributed by atoms with Gasteiger partial charge in [-0.15, -0.1) is 11.8 Å². The van der Waals surface area contributed by atoms with Crippen LogP contribution in [0.15, 0.2) is 53.4 Å². The molecule has 1 heterocycles. The van der Waals surface area contributed by atoms with Crippen molar-refractivity contribution in [3.05, 3.63) is 59.9 Å². The lowest BCUT2D eigenvalue weighted by molar-refractivity contribution is -0.126. The highest BCUT2D eigenvalue weighted by molar-refractivity contribution is 7.98. The van der Waals surface area contributed by atoms with Gasteiger partial charge < -0.3 is 15.1 Å². The van der Waals surface area contributed by atoms with Gasteiger partial charge in [-0.3, -0.25) is 9.59 Å². The van der Waals surface area contributed by atoms with E-state index in [0.717, 1.165) is 16.1 Å². The van der Waals surface area contributed by atoms with Crippen LogP contribution >= 0.6 is 11.8 Å². The molecular formula is C22H26FN3O2S. The molecule has 0 saturated carbocycles. The number of likely N-dealkylation sites (N-methyl/N-ethyl adjacent to an activating group) is 1. The predicted molar refractivity (Wildman–Crippen MR) is 115 cm³/mol. The first kappa shape index (κ1) is 21.3. The van der Waals surface area contributed by atoms with Crippen LogP contribution in [0.4, 0.5) is 10.1 Å². The first-order valence-electron chi connectivity index (χ1n) is 9.53. The molecule has 7 heteroatoms. The Kier molecular flexibility index (Phi) is 6.92. The Labute approximate surface area is 175 Å². The summed E-state index contributed by atoms with van der Waals surface area (Å²) < 4.78 is 13.6. The average molecular weight is 416 g/mol. The number of nitrogens with one attached hydrogen (secondary N) is 1. The van der Waals surface area contributed by atoms with Crippen LogP contribution in [0.5, 0.6) is 0 Å². The number of rotatable bonds is 7. The highest BCUT2D eigenvalue weighted by atomic mass is 32.2. The third kappa shape index (κ3) is 5.16. The molecule has 1 saturated heterocycles. The number of thioether (sulfide) groups is 1. The number of carbonyl (C=O) groups is 2. The van der Waals surface area contributed by atoms with Gasteiger partial charge in [-0.2, -0.15) is 0 Å². The van der Waals surface area contributed by atoms with Gasteiger partial charge in [0.15, 0.2) is 0 Å². The Bertz CT molecular complexity index is 873. The summed E-state index contributed by atoms with van der Waals surface area (Å²) in [6, 6.07) is 14.0. The molecule has 0 aliphatic carbocycles. The first-order valence-corrected chi connectivity index (χ1v) is 10.8. The van der Waals surface area contributed by atoms with Crippen molar-refractivity contribution in [3.8, 4) is 0 Å². The lowest BCUT2D eigenvalue weighted by Gasteiger charge is -2.25. The van der Waals surface area contributed by atoms with E-state index in [9.17, 15) is 14.0 Å². The fraction of sp³-hybridized carbons (Fsp3) is 0.364. The van der Waals surface area contributed by atoms with E-state index in [1.165, 1.54) is 12.1 Å². The van der Waals surface area contributed by atoms with Crippen LogP contribution in [0.25, 0.3) is 0 Å². The SMILES string of the molecule is CSc1ccc(N2CC(C(=O)NCC(c3cccc(F)c3)N(C)C)CC2=O)cc1. The normalized spacial score (nSPS) is 17.6. The number of anilines is 1. The summed E-state index contributed by atoms with van der Waals surface area (Å²) in [5, 5.41) is 2.95. The molecule has 2 amide bonds. The summed E-state index contributed by atoms with van der Waals surface area (Å²) in [5.41, 5.74) is 1.61. The smallest absolute Gasteiger partial charge is 0.227 e. The lowest BCUT2D eigenvalue weighted by atomic mass is 10.0. The van der Waals surface area contributed by atoms with Gasteiger partial charge in [0.2, 0.25) is 11.8 Å². The summed E-state index contributed by atoms with van der Waals surface area (Å²) in [6.45, 7) is 0.721. The van der Waals surface area contributed by atoms with Crippen molar-refractivity contribution in [1.82, 2.24) is 10.2 Å². The Morgan fingerprint density at radius 2 is 2.00 bits per heavy atom. The van der Waals surface area contributed by atoms with Crippen molar-refractivity contribution < 1.29 is 14.0 Å². The van der Waals surface area contributed by atoms with Crippen LogP contribution in [-0.2, 0) is 9.59 Å². The number of carbonyl (C=O) groups excluding carboxylic acids is 2. The fourth-order valence-corrected chi connectivity index (χ4v) is 3.96. The Morgan fingerprint density at radius 1 is 1.28 bits per heavy atom. The number of benzene rings is 2. The maximum atomic E-state index is 13.6. The summed E-state index contributed by atoms with van der Waals surface area (Å²) in [6.07, 6.45) is 2.20. The number of hydrogen-bond acceptors (Lipinski definition) is 4. The number of halogens is 1. The molecule has 2 aromatic rings. The van der Waals surface area contributed by atoms with Crippen LogP contribution in [0.2, 0.25) is 0 Å². The Hall–Kier alpha value is -2.38. The van der Waals surface area contributed by atoms with Crippen LogP contribution in [0, 0.1) is 11.7 Å². The minimum absolute atomic E-state index is 0.0451. The summed E-state index contributed by atoms with van der Waals surface area (Å²) in [4.78, 5) is 29.9. The van der Waals surface area contributed by atoms with Crippen molar-refractivity contribution in [1.29, 1.82) is 0 Å². The molecule has 0 radical (unpaired) electrons. The largest absolute Gasteiger partial charge is 0.354 e. The highest BCUT2D eigenvalue weighted by Gasteiger charge is 2.35. The van der Waals surface area contributed by atoms with Crippen LogP contribution < -0.4 is 10.2 Å². The number of nitrogens with zero attached hydrogens (tertiary/aromatic N) is 2. The fourth-order valence-electron chi connectivity index (χ4n) is 3.55. The summed E-state index contributed by atoms with van der Waals surface area (Å²) >= 11 is 1.64. The molecule has 154 valence electrons. The summed E-state index contributed by atoms with van der Waals surface area (Å²) in [7, 11) is 3.78. The molecule has 2 aromatic carbocycles. The zero-order valence-corrected chi connectivity index (χ0v) is 17.7. The van der Waals surface area contributed by atoms with Crippen molar-refractivity contribution in [2.24, 2.45) is 5.92 Å². The molecule has 1 N–H and O–H groups in total. The van der Waals surface area contributed by atoms with E-state index in [1.54, 1.807) is 22.7 Å². The monoisotopic (exact) mass is 415 g/mol. The van der Waals surface area contributed by atoms with Gasteiger partial charge >= 0.3 is 0 Å². The van der Waals surface area contributed by atoms with Crippen LogP contribution in [-0.4, -0.2) is 50.2 Å². The van der Waals surface area contributed by atoms with Crippen molar-refractivity contribution in [3.63, 3.8) is 0 Å². The second-order valence-corrected chi connectivity index (χ2v) is 8.26. The molecule has 3 rings (SSSR count). The minimum atomic E-state index is -0.391. The first-order chi connectivity index (χ1) is 13.9. The second kappa shape index (κ2) is 9.41. The molecule has 0 aromatic heterocycles. The topological polar surface area (TPSA) is 52.7 Å². The van der Waals surface area contributed by atoms with E-state index in [2.05, 4.69) is 5.32 Å². The van der Waals surface area contributed by atoms with E-state index in [4.69, 9.17) is 0 Å². The van der Waals surface area contributed by atoms with Gasteiger partial charge in [-0.1, -0.05) is 12.1 Å². The average Bonchev–Trinajstić information content (AvgIpc) is 3.09. The van der Waals surface area contributed by atoms with Crippen molar-refractivity contribution >= 4 is 29.3 Å². The van der Waals surface area contributed by atoms with Gasteiger partial charge in [0.25, 0.3) is 0 Å². The maximum absolute atomic E-state index is 13.6. The Morgan fingerprint density at radius 3 is 2.62 bits per heavy atom. The standard InChI is InChI=1S/C22H26FN3O2S/c1-25(2)20(15-5-4-6-17(23)11-15)13-24-22(28)16-12-21(27)26(14-16)18-7-9-19(29-3)10-8-18/h4-11,16,20H,12-14H2,1-3H3,(H,24,28). The maximum Gasteiger partial charge on any atom is 0.227 e. The van der Waals surface area contributed by atoms with Crippen molar-refractivity contribution in [2.75, 3.05) is 38.3 Å². The van der Waals surface area contributed by atoms with Crippen molar-refractivity contribution in [2.45, 2.75) is 17.4 Å². The molecule has 1 aliphatic heterocycles. The highest BCUT2D eigenvalue weighted by Crippen LogP contribution is 2.27. The number of hydrogen-bond donors (Lipinski definition) is 1. The zero-order valence-electron chi connectivity index (χ0n) is 16.9. The van der Waals surface area contributed by atoms with E-state index in [-0.39, 0.29) is 30.1 Å². The van der Waals surface area contributed by atoms with Crippen LogP contribution in [0.3, 0.4) is 0 Å². The third-order valence-electron chi connectivity index (χ3n) is 5.21. The molecular weight excluding hydrogens is 389 g/mol. The summed E-state index contributed by atoms with van der Waals surface area (Å²) in [5.74, 6) is -0.885. The molecule has 1 fully saturated rings. The van der Waals surface area contributed by atoms with E-state index >= 15 is 0 Å². The molecule has 0 bridgehead atoms. The molecule has 1 aliphatic rings. The van der Waals surface area contributed by atoms with E-state index in [0.29, 0.717) is 13.1 Å². The molecule has 5 nitrogen and oxygen atoms in total.